The van der Waals surface area contributed by atoms with E-state index in [0.717, 1.165) is 10.3 Å². The fourth-order valence-electron chi connectivity index (χ4n) is 3.62. The summed E-state index contributed by atoms with van der Waals surface area (Å²) in [5.74, 6) is -1.25. The molecule has 8 heteroatoms. The molecule has 0 aliphatic carbocycles. The molecule has 5 rings (SSSR count). The molecule has 0 bridgehead atoms. The Morgan fingerprint density at radius 3 is 2.67 bits per heavy atom. The van der Waals surface area contributed by atoms with Crippen molar-refractivity contribution in [1.29, 1.82) is 0 Å². The van der Waals surface area contributed by atoms with Crippen molar-refractivity contribution < 1.29 is 23.5 Å². The van der Waals surface area contributed by atoms with E-state index in [2.05, 4.69) is 0 Å². The Hall–Kier alpha value is -2.85. The molecule has 0 spiro atoms. The molecule has 6 nitrogen and oxygen atoms in total. The van der Waals surface area contributed by atoms with Gasteiger partial charge in [0.05, 0.1) is 12.1 Å². The molecular weight excluding hydrogens is 517 g/mol. The van der Waals surface area contributed by atoms with Crippen molar-refractivity contribution in [1.82, 2.24) is 4.90 Å². The molecule has 1 atom stereocenters. The molecule has 0 radical (unpaired) electrons. The van der Waals surface area contributed by atoms with E-state index in [0.29, 0.717) is 15.1 Å². The lowest BCUT2D eigenvalue weighted by molar-refractivity contribution is -0.130. The third-order valence-corrected chi connectivity index (χ3v) is 6.41. The number of aliphatic hydroxyl groups is 1. The van der Waals surface area contributed by atoms with Crippen LogP contribution in [0.1, 0.15) is 27.2 Å². The van der Waals surface area contributed by atoms with E-state index in [1.165, 1.54) is 16.2 Å². The molecule has 30 heavy (non-hydrogen) atoms. The van der Waals surface area contributed by atoms with Crippen LogP contribution in [0.25, 0.3) is 11.0 Å². The lowest BCUT2D eigenvalue weighted by atomic mass is 9.99. The Kier molecular flexibility index (Phi) is 4.75. The molecule has 150 valence electrons. The number of thiophene rings is 1. The number of hydrogen-bond donors (Lipinski definition) is 1. The van der Waals surface area contributed by atoms with Gasteiger partial charge in [-0.25, -0.2) is 0 Å². The van der Waals surface area contributed by atoms with Gasteiger partial charge in [0.2, 0.25) is 5.78 Å². The maximum absolute atomic E-state index is 13.4. The van der Waals surface area contributed by atoms with Crippen LogP contribution in [0.5, 0.6) is 0 Å². The van der Waals surface area contributed by atoms with Crippen molar-refractivity contribution in [2.24, 2.45) is 0 Å². The zero-order chi connectivity index (χ0) is 20.8. The average Bonchev–Trinajstić information content (AvgIpc) is 3.51. The third-order valence-electron chi connectivity index (χ3n) is 4.97. The number of benzene rings is 1. The molecule has 1 N–H and O–H groups in total. The van der Waals surface area contributed by atoms with Gasteiger partial charge in [0.1, 0.15) is 17.4 Å². The van der Waals surface area contributed by atoms with Gasteiger partial charge in [-0.15, -0.1) is 11.3 Å². The largest absolute Gasteiger partial charge is 0.503 e. The molecule has 0 saturated heterocycles. The van der Waals surface area contributed by atoms with Crippen LogP contribution in [0.15, 0.2) is 80.1 Å². The van der Waals surface area contributed by atoms with Gasteiger partial charge in [0.25, 0.3) is 5.91 Å². The number of Topliss-reactive ketones (excluding diaryl/α,β-unsaturated/α-hetero) is 1. The Labute approximate surface area is 188 Å². The van der Waals surface area contributed by atoms with Gasteiger partial charge in [-0.1, -0.05) is 24.3 Å². The smallest absolute Gasteiger partial charge is 0.290 e. The highest BCUT2D eigenvalue weighted by molar-refractivity contribution is 14.1. The number of aliphatic hydroxyl groups excluding tert-OH is 1. The van der Waals surface area contributed by atoms with E-state index < -0.39 is 23.5 Å². The lowest BCUT2D eigenvalue weighted by Gasteiger charge is -2.24. The van der Waals surface area contributed by atoms with Crippen molar-refractivity contribution in [2.75, 3.05) is 0 Å². The quantitative estimate of drug-likeness (QED) is 0.273. The summed E-state index contributed by atoms with van der Waals surface area (Å²) in [4.78, 5) is 28.7. The van der Waals surface area contributed by atoms with Crippen molar-refractivity contribution in [2.45, 2.75) is 12.6 Å². The maximum Gasteiger partial charge on any atom is 0.290 e. The summed E-state index contributed by atoms with van der Waals surface area (Å²) in [5.41, 5.74) is 0.520. The molecule has 4 heterocycles. The van der Waals surface area contributed by atoms with Gasteiger partial charge in [-0.2, -0.15) is 0 Å². The van der Waals surface area contributed by atoms with Gasteiger partial charge in [0.15, 0.2) is 15.3 Å². The number of hydrogen-bond acceptors (Lipinski definition) is 6. The van der Waals surface area contributed by atoms with Gasteiger partial charge in [-0.3, -0.25) is 9.59 Å². The first-order valence-electron chi connectivity index (χ1n) is 9.08. The minimum absolute atomic E-state index is 0.0404. The van der Waals surface area contributed by atoms with Gasteiger partial charge < -0.3 is 18.8 Å². The second kappa shape index (κ2) is 7.44. The number of furan rings is 2. The van der Waals surface area contributed by atoms with Crippen LogP contribution in [0.2, 0.25) is 0 Å². The molecular formula is C22H14INO5S. The second-order valence-electron chi connectivity index (χ2n) is 6.80. The minimum atomic E-state index is -0.844. The number of carbonyl (C=O) groups excluding carboxylic acids is 2. The van der Waals surface area contributed by atoms with E-state index in [1.807, 2.05) is 58.3 Å². The van der Waals surface area contributed by atoms with Crippen LogP contribution in [0, 0.1) is 3.77 Å². The topological polar surface area (TPSA) is 83.9 Å². The standard InChI is InChI=1S/C22H14INO5S/c23-17-8-7-15(29-17)19-18(20(25)16-10-12-4-1-2-6-14(12)28-16)21(26)22(27)24(19)11-13-5-3-9-30-13/h1-10,19,26H,11H2. The first kappa shape index (κ1) is 19.1. The number of amides is 1. The van der Waals surface area contributed by atoms with Crippen molar-refractivity contribution in [3.63, 3.8) is 0 Å². The van der Waals surface area contributed by atoms with E-state index in [9.17, 15) is 14.7 Å². The molecule has 0 saturated carbocycles. The van der Waals surface area contributed by atoms with Gasteiger partial charge >= 0.3 is 0 Å². The highest BCUT2D eigenvalue weighted by atomic mass is 127. The number of fused-ring (bicyclic) bond motifs is 1. The molecule has 1 aliphatic rings. The Balaban J connectivity index is 1.60. The van der Waals surface area contributed by atoms with E-state index in [1.54, 1.807) is 24.3 Å². The number of para-hydroxylation sites is 1. The van der Waals surface area contributed by atoms with Crippen LogP contribution < -0.4 is 0 Å². The predicted octanol–water partition coefficient (Wildman–Crippen LogP) is 5.47. The zero-order valence-electron chi connectivity index (χ0n) is 15.4. The summed E-state index contributed by atoms with van der Waals surface area (Å²) in [6.07, 6.45) is 0. The molecule has 0 fully saturated rings. The Morgan fingerprint density at radius 2 is 1.97 bits per heavy atom. The zero-order valence-corrected chi connectivity index (χ0v) is 18.3. The second-order valence-corrected chi connectivity index (χ2v) is 8.89. The van der Waals surface area contributed by atoms with Crippen molar-refractivity contribution in [3.8, 4) is 0 Å². The van der Waals surface area contributed by atoms with Crippen molar-refractivity contribution in [3.05, 3.63) is 91.5 Å². The third kappa shape index (κ3) is 3.16. The number of nitrogens with zero attached hydrogens (tertiary/aromatic N) is 1. The molecule has 1 amide bonds. The molecule has 3 aromatic heterocycles. The van der Waals surface area contributed by atoms with Gasteiger partial charge in [-0.05, 0) is 58.3 Å². The SMILES string of the molecule is O=C(C1=C(O)C(=O)N(Cc2cccs2)C1c1ccc(I)o1)c1cc2ccccc2o1. The van der Waals surface area contributed by atoms with E-state index in [4.69, 9.17) is 8.83 Å². The summed E-state index contributed by atoms with van der Waals surface area (Å²) < 4.78 is 12.1. The molecule has 4 aromatic rings. The fraction of sp³-hybridized carbons (Fsp3) is 0.0909. The van der Waals surface area contributed by atoms with Gasteiger partial charge in [0, 0.05) is 10.3 Å². The number of ketones is 1. The lowest BCUT2D eigenvalue weighted by Crippen LogP contribution is -2.30. The summed E-state index contributed by atoms with van der Waals surface area (Å²) in [6, 6.07) is 15.3. The normalized spacial score (nSPS) is 16.8. The van der Waals surface area contributed by atoms with Crippen LogP contribution in [-0.2, 0) is 11.3 Å². The Bertz CT molecular complexity index is 1270. The maximum atomic E-state index is 13.4. The Morgan fingerprint density at radius 1 is 1.13 bits per heavy atom. The van der Waals surface area contributed by atoms with E-state index >= 15 is 0 Å². The van der Waals surface area contributed by atoms with Crippen LogP contribution in [-0.4, -0.2) is 21.7 Å². The number of halogens is 1. The summed E-state index contributed by atoms with van der Waals surface area (Å²) in [5, 5.41) is 13.4. The fourth-order valence-corrected chi connectivity index (χ4v) is 4.75. The van der Waals surface area contributed by atoms with Crippen LogP contribution >= 0.6 is 33.9 Å². The van der Waals surface area contributed by atoms with Crippen molar-refractivity contribution >= 4 is 56.6 Å². The van der Waals surface area contributed by atoms with Crippen LogP contribution in [0.3, 0.4) is 0 Å². The monoisotopic (exact) mass is 531 g/mol. The first-order valence-corrected chi connectivity index (χ1v) is 11.0. The average molecular weight is 531 g/mol. The summed E-state index contributed by atoms with van der Waals surface area (Å²) in [7, 11) is 0. The number of carbonyl (C=O) groups is 2. The number of rotatable bonds is 5. The minimum Gasteiger partial charge on any atom is -0.503 e. The highest BCUT2D eigenvalue weighted by Crippen LogP contribution is 2.41. The summed E-state index contributed by atoms with van der Waals surface area (Å²) >= 11 is 3.52. The highest BCUT2D eigenvalue weighted by Gasteiger charge is 2.46. The molecule has 1 aliphatic heterocycles. The summed E-state index contributed by atoms with van der Waals surface area (Å²) in [6.45, 7) is 0.249. The van der Waals surface area contributed by atoms with Crippen LogP contribution in [0.4, 0.5) is 0 Å². The molecule has 1 unspecified atom stereocenters. The molecule has 1 aromatic carbocycles. The van der Waals surface area contributed by atoms with E-state index in [-0.39, 0.29) is 17.9 Å². The first-order chi connectivity index (χ1) is 14.5. The predicted molar refractivity (Wildman–Crippen MR) is 119 cm³/mol.